The lowest BCUT2D eigenvalue weighted by atomic mass is 10.1. The maximum atomic E-state index is 11.5. The van der Waals surface area contributed by atoms with E-state index in [4.69, 9.17) is 5.11 Å². The average molecular weight is 248 g/mol. The molecule has 5 heteroatoms. The predicted molar refractivity (Wildman–Crippen MR) is 70.0 cm³/mol. The van der Waals surface area contributed by atoms with Crippen molar-refractivity contribution in [3.05, 3.63) is 42.0 Å². The molecule has 0 aromatic heterocycles. The van der Waals surface area contributed by atoms with Crippen LogP contribution in [-0.2, 0) is 0 Å². The largest absolute Gasteiger partial charge is 0.478 e. The van der Waals surface area contributed by atoms with Crippen LogP contribution in [0.2, 0.25) is 0 Å². The first-order valence-electron chi connectivity index (χ1n) is 5.54. The number of nitrogens with one attached hydrogen (secondary N) is 2. The zero-order valence-corrected chi connectivity index (χ0v) is 10.2. The molecule has 0 unspecified atom stereocenters. The molecule has 1 rings (SSSR count). The van der Waals surface area contributed by atoms with Crippen molar-refractivity contribution in [3.8, 4) is 0 Å². The van der Waals surface area contributed by atoms with Crippen LogP contribution in [0.25, 0.3) is 0 Å². The highest BCUT2D eigenvalue weighted by atomic mass is 16.4. The van der Waals surface area contributed by atoms with Crippen LogP contribution < -0.4 is 10.6 Å². The van der Waals surface area contributed by atoms with E-state index >= 15 is 0 Å². The monoisotopic (exact) mass is 248 g/mol. The Labute approximate surface area is 106 Å². The molecule has 0 spiro atoms. The molecule has 96 valence electrons. The van der Waals surface area contributed by atoms with E-state index in [0.29, 0.717) is 18.7 Å². The first-order chi connectivity index (χ1) is 8.54. The summed E-state index contributed by atoms with van der Waals surface area (Å²) in [5, 5.41) is 14.1. The van der Waals surface area contributed by atoms with E-state index in [2.05, 4.69) is 17.2 Å². The Morgan fingerprint density at radius 1 is 1.44 bits per heavy atom. The van der Waals surface area contributed by atoms with Gasteiger partial charge in [-0.2, -0.15) is 0 Å². The smallest absolute Gasteiger partial charge is 0.335 e. The molecule has 3 N–H and O–H groups in total. The van der Waals surface area contributed by atoms with Crippen molar-refractivity contribution in [1.82, 2.24) is 5.32 Å². The third-order valence-electron chi connectivity index (χ3n) is 2.37. The van der Waals surface area contributed by atoms with Crippen molar-refractivity contribution in [2.24, 2.45) is 0 Å². The van der Waals surface area contributed by atoms with Crippen LogP contribution in [0.15, 0.2) is 30.9 Å². The van der Waals surface area contributed by atoms with E-state index in [1.165, 1.54) is 12.1 Å². The third kappa shape index (κ3) is 3.93. The molecular weight excluding hydrogens is 232 g/mol. The molecule has 0 aliphatic carbocycles. The number of carbonyl (C=O) groups is 2. The lowest BCUT2D eigenvalue weighted by molar-refractivity contribution is 0.0697. The minimum atomic E-state index is -1.02. The van der Waals surface area contributed by atoms with Gasteiger partial charge in [0.05, 0.1) is 5.56 Å². The van der Waals surface area contributed by atoms with E-state index < -0.39 is 5.97 Å². The van der Waals surface area contributed by atoms with E-state index in [0.717, 1.165) is 5.56 Å². The molecule has 18 heavy (non-hydrogen) atoms. The summed E-state index contributed by atoms with van der Waals surface area (Å²) in [5.74, 6) is -1.02. The Morgan fingerprint density at radius 3 is 2.78 bits per heavy atom. The van der Waals surface area contributed by atoms with E-state index in [1.54, 1.807) is 19.1 Å². The number of anilines is 1. The average Bonchev–Trinajstić information content (AvgIpc) is 2.32. The molecule has 0 atom stereocenters. The number of hydrogen-bond acceptors (Lipinski definition) is 2. The second-order valence-corrected chi connectivity index (χ2v) is 3.79. The number of hydrogen-bond donors (Lipinski definition) is 3. The van der Waals surface area contributed by atoms with Crippen LogP contribution >= 0.6 is 0 Å². The SMILES string of the molecule is C=CCCNC(=O)Nc1cc(C(=O)O)ccc1C. The van der Waals surface area contributed by atoms with Gasteiger partial charge in [-0.05, 0) is 31.0 Å². The highest BCUT2D eigenvalue weighted by Gasteiger charge is 2.08. The van der Waals surface area contributed by atoms with Crippen molar-refractivity contribution in [1.29, 1.82) is 0 Å². The Hall–Kier alpha value is -2.30. The van der Waals surface area contributed by atoms with Gasteiger partial charge in [0.2, 0.25) is 0 Å². The molecule has 0 aliphatic heterocycles. The van der Waals surface area contributed by atoms with Crippen LogP contribution in [0.5, 0.6) is 0 Å². The molecule has 0 heterocycles. The molecule has 2 amide bonds. The van der Waals surface area contributed by atoms with Crippen LogP contribution in [0.3, 0.4) is 0 Å². The number of carboxylic acids is 1. The van der Waals surface area contributed by atoms with Crippen molar-refractivity contribution in [3.63, 3.8) is 0 Å². The summed E-state index contributed by atoms with van der Waals surface area (Å²) in [6, 6.07) is 4.23. The fourth-order valence-electron chi connectivity index (χ4n) is 1.34. The van der Waals surface area contributed by atoms with E-state index in [9.17, 15) is 9.59 Å². The second kappa shape index (κ2) is 6.44. The lowest BCUT2D eigenvalue weighted by Crippen LogP contribution is -2.29. The first kappa shape index (κ1) is 13.8. The van der Waals surface area contributed by atoms with Gasteiger partial charge in [-0.3, -0.25) is 0 Å². The Balaban J connectivity index is 2.71. The summed E-state index contributed by atoms with van der Waals surface area (Å²) in [7, 11) is 0. The van der Waals surface area contributed by atoms with Gasteiger partial charge in [-0.1, -0.05) is 12.1 Å². The number of urea groups is 1. The molecule has 0 aliphatic rings. The van der Waals surface area contributed by atoms with Gasteiger partial charge in [-0.25, -0.2) is 9.59 Å². The molecule has 0 saturated heterocycles. The number of aryl methyl sites for hydroxylation is 1. The molecule has 5 nitrogen and oxygen atoms in total. The number of amides is 2. The summed E-state index contributed by atoms with van der Waals surface area (Å²) in [6.07, 6.45) is 2.39. The van der Waals surface area contributed by atoms with Crippen molar-refractivity contribution >= 4 is 17.7 Å². The zero-order valence-electron chi connectivity index (χ0n) is 10.2. The number of carboxylic acid groups (broad SMARTS) is 1. The fourth-order valence-corrected chi connectivity index (χ4v) is 1.34. The highest BCUT2D eigenvalue weighted by Crippen LogP contribution is 2.16. The van der Waals surface area contributed by atoms with Crippen molar-refractivity contribution < 1.29 is 14.7 Å². The Morgan fingerprint density at radius 2 is 2.17 bits per heavy atom. The van der Waals surface area contributed by atoms with Gasteiger partial charge in [0.1, 0.15) is 0 Å². The minimum Gasteiger partial charge on any atom is -0.478 e. The van der Waals surface area contributed by atoms with Gasteiger partial charge in [0.25, 0.3) is 0 Å². The quantitative estimate of drug-likeness (QED) is 0.553. The number of aromatic carboxylic acids is 1. The minimum absolute atomic E-state index is 0.141. The van der Waals surface area contributed by atoms with Crippen LogP contribution in [0.4, 0.5) is 10.5 Å². The van der Waals surface area contributed by atoms with Crippen LogP contribution in [0.1, 0.15) is 22.3 Å². The van der Waals surface area contributed by atoms with Crippen LogP contribution in [0, 0.1) is 6.92 Å². The molecule has 1 aromatic rings. The molecule has 1 aromatic carbocycles. The van der Waals surface area contributed by atoms with Gasteiger partial charge in [-0.15, -0.1) is 6.58 Å². The van der Waals surface area contributed by atoms with Gasteiger partial charge < -0.3 is 15.7 Å². The zero-order chi connectivity index (χ0) is 13.5. The molecule has 0 radical (unpaired) electrons. The number of benzene rings is 1. The predicted octanol–water partition coefficient (Wildman–Crippen LogP) is 2.39. The topological polar surface area (TPSA) is 78.4 Å². The van der Waals surface area contributed by atoms with E-state index in [-0.39, 0.29) is 11.6 Å². The van der Waals surface area contributed by atoms with Gasteiger partial charge >= 0.3 is 12.0 Å². The standard InChI is InChI=1S/C13H16N2O3/c1-3-4-7-14-13(18)15-11-8-10(12(16)17)6-5-9(11)2/h3,5-6,8H,1,4,7H2,2H3,(H,16,17)(H2,14,15,18). The van der Waals surface area contributed by atoms with E-state index in [1.807, 2.05) is 0 Å². The van der Waals surface area contributed by atoms with Crippen LogP contribution in [-0.4, -0.2) is 23.7 Å². The lowest BCUT2D eigenvalue weighted by Gasteiger charge is -2.10. The summed E-state index contributed by atoms with van der Waals surface area (Å²) < 4.78 is 0. The molecule has 0 fully saturated rings. The Kier molecular flexibility index (Phi) is 4.92. The molecule has 0 saturated carbocycles. The Bertz CT molecular complexity index is 469. The second-order valence-electron chi connectivity index (χ2n) is 3.79. The summed E-state index contributed by atoms with van der Waals surface area (Å²) in [6.45, 7) is 5.84. The highest BCUT2D eigenvalue weighted by molar-refractivity contribution is 5.93. The maximum absolute atomic E-state index is 11.5. The normalized spacial score (nSPS) is 9.61. The van der Waals surface area contributed by atoms with Gasteiger partial charge in [0, 0.05) is 12.2 Å². The van der Waals surface area contributed by atoms with Gasteiger partial charge in [0.15, 0.2) is 0 Å². The summed E-state index contributed by atoms with van der Waals surface area (Å²) in [5.41, 5.74) is 1.44. The summed E-state index contributed by atoms with van der Waals surface area (Å²) >= 11 is 0. The summed E-state index contributed by atoms with van der Waals surface area (Å²) in [4.78, 5) is 22.3. The molecular formula is C13H16N2O3. The third-order valence-corrected chi connectivity index (χ3v) is 2.37. The maximum Gasteiger partial charge on any atom is 0.335 e. The fraction of sp³-hybridized carbons (Fsp3) is 0.231. The first-order valence-corrected chi connectivity index (χ1v) is 5.54. The van der Waals surface area contributed by atoms with Crippen molar-refractivity contribution in [2.45, 2.75) is 13.3 Å². The number of rotatable bonds is 5. The molecule has 0 bridgehead atoms. The number of carbonyl (C=O) groups excluding carboxylic acids is 1. The van der Waals surface area contributed by atoms with Crippen molar-refractivity contribution in [2.75, 3.05) is 11.9 Å².